The van der Waals surface area contributed by atoms with Crippen molar-refractivity contribution in [1.29, 1.82) is 0 Å². The number of likely N-dealkylation sites (tertiary alicyclic amines) is 1. The normalized spacial score (nSPS) is 16.6. The largest absolute Gasteiger partial charge is 0.337 e. The number of aromatic nitrogens is 2. The molecule has 0 bridgehead atoms. The first-order valence-corrected chi connectivity index (χ1v) is 10.8. The molecule has 1 atom stereocenters. The summed E-state index contributed by atoms with van der Waals surface area (Å²) in [5.41, 5.74) is 0.712. The summed E-state index contributed by atoms with van der Waals surface area (Å²) in [6.07, 6.45) is 1.57. The molecule has 0 spiro atoms. The van der Waals surface area contributed by atoms with E-state index in [1.54, 1.807) is 24.0 Å². The smallest absolute Gasteiger partial charge is 0.261 e. The molecule has 8 nitrogen and oxygen atoms in total. The van der Waals surface area contributed by atoms with Crippen LogP contribution < -0.4 is 4.72 Å². The molecule has 0 aliphatic carbocycles. The zero-order chi connectivity index (χ0) is 21.3. The van der Waals surface area contributed by atoms with Crippen LogP contribution in [0.2, 0.25) is 0 Å². The Morgan fingerprint density at radius 2 is 1.87 bits per heavy atom. The van der Waals surface area contributed by atoms with Crippen molar-refractivity contribution in [1.82, 2.24) is 15.0 Å². The van der Waals surface area contributed by atoms with Crippen molar-refractivity contribution in [2.24, 2.45) is 0 Å². The number of aryl methyl sites for hydroxylation is 1. The van der Waals surface area contributed by atoms with Crippen molar-refractivity contribution in [2.75, 3.05) is 11.3 Å². The fourth-order valence-corrected chi connectivity index (χ4v) is 4.45. The number of halogens is 1. The molecule has 2 heterocycles. The van der Waals surface area contributed by atoms with E-state index in [1.165, 1.54) is 24.3 Å². The minimum absolute atomic E-state index is 0.0567. The molecule has 3 aromatic rings. The van der Waals surface area contributed by atoms with E-state index in [2.05, 4.69) is 14.9 Å². The lowest BCUT2D eigenvalue weighted by Crippen LogP contribution is -2.30. The van der Waals surface area contributed by atoms with E-state index in [9.17, 15) is 17.6 Å². The summed E-state index contributed by atoms with van der Waals surface area (Å²) < 4.78 is 45.5. The van der Waals surface area contributed by atoms with Crippen LogP contribution >= 0.6 is 0 Å². The fraction of sp³-hybridized carbons (Fsp3) is 0.250. The Kier molecular flexibility index (Phi) is 5.25. The van der Waals surface area contributed by atoms with E-state index >= 15 is 0 Å². The van der Waals surface area contributed by atoms with Crippen LogP contribution in [0.5, 0.6) is 0 Å². The van der Waals surface area contributed by atoms with Gasteiger partial charge in [-0.15, -0.1) is 0 Å². The average Bonchev–Trinajstić information content (AvgIpc) is 3.37. The van der Waals surface area contributed by atoms with Crippen LogP contribution in [0.25, 0.3) is 0 Å². The highest BCUT2D eigenvalue weighted by atomic mass is 32.2. The van der Waals surface area contributed by atoms with E-state index in [0.29, 0.717) is 29.5 Å². The predicted octanol–water partition coefficient (Wildman–Crippen LogP) is 3.30. The number of benzene rings is 2. The SMILES string of the molecule is Cc1noc(C2CCCN2C(=O)c2ccc(NS(=O)(=O)c3ccc(F)cc3)cc2)n1. The van der Waals surface area contributed by atoms with Crippen LogP contribution in [0, 0.1) is 12.7 Å². The summed E-state index contributed by atoms with van der Waals surface area (Å²) >= 11 is 0. The van der Waals surface area contributed by atoms with Gasteiger partial charge in [0.05, 0.1) is 4.90 Å². The van der Waals surface area contributed by atoms with E-state index < -0.39 is 15.8 Å². The van der Waals surface area contributed by atoms with Gasteiger partial charge in [0, 0.05) is 17.8 Å². The maximum absolute atomic E-state index is 13.0. The molecule has 156 valence electrons. The summed E-state index contributed by atoms with van der Waals surface area (Å²) in [5.74, 6) is 0.220. The van der Waals surface area contributed by atoms with Crippen molar-refractivity contribution in [3.8, 4) is 0 Å². The number of nitrogens with zero attached hydrogens (tertiary/aromatic N) is 3. The van der Waals surface area contributed by atoms with Crippen molar-refractivity contribution >= 4 is 21.6 Å². The zero-order valence-corrected chi connectivity index (χ0v) is 16.9. The van der Waals surface area contributed by atoms with Gasteiger partial charge in [-0.2, -0.15) is 4.98 Å². The molecule has 0 saturated carbocycles. The van der Waals surface area contributed by atoms with Gasteiger partial charge in [0.2, 0.25) is 5.89 Å². The van der Waals surface area contributed by atoms with Gasteiger partial charge in [0.1, 0.15) is 11.9 Å². The van der Waals surface area contributed by atoms with Gasteiger partial charge in [0.25, 0.3) is 15.9 Å². The van der Waals surface area contributed by atoms with Crippen LogP contribution in [-0.4, -0.2) is 35.9 Å². The topological polar surface area (TPSA) is 105 Å². The molecule has 1 fully saturated rings. The number of rotatable bonds is 5. The third-order valence-electron chi connectivity index (χ3n) is 4.85. The van der Waals surface area contributed by atoms with Crippen molar-refractivity contribution in [3.05, 3.63) is 71.6 Å². The lowest BCUT2D eigenvalue weighted by molar-refractivity contribution is 0.0710. The molecule has 4 rings (SSSR count). The molecule has 1 saturated heterocycles. The second-order valence-electron chi connectivity index (χ2n) is 6.97. The monoisotopic (exact) mass is 430 g/mol. The molecule has 1 aromatic heterocycles. The number of anilines is 1. The maximum Gasteiger partial charge on any atom is 0.261 e. The first-order valence-electron chi connectivity index (χ1n) is 9.33. The Balaban J connectivity index is 1.49. The molecule has 1 aliphatic heterocycles. The summed E-state index contributed by atoms with van der Waals surface area (Å²) in [6.45, 7) is 2.30. The van der Waals surface area contributed by atoms with E-state index in [0.717, 1.165) is 25.0 Å². The molecule has 1 N–H and O–H groups in total. The zero-order valence-electron chi connectivity index (χ0n) is 16.1. The molecule has 1 aliphatic rings. The van der Waals surface area contributed by atoms with Crippen LogP contribution in [0.4, 0.5) is 10.1 Å². The Morgan fingerprint density at radius 1 is 1.17 bits per heavy atom. The minimum atomic E-state index is -3.86. The number of hydrogen-bond acceptors (Lipinski definition) is 6. The van der Waals surface area contributed by atoms with E-state index in [-0.39, 0.29) is 16.8 Å². The maximum atomic E-state index is 13.0. The first-order chi connectivity index (χ1) is 14.3. The Labute approximate surface area is 172 Å². The van der Waals surface area contributed by atoms with Crippen LogP contribution in [0.15, 0.2) is 57.9 Å². The fourth-order valence-electron chi connectivity index (χ4n) is 3.39. The van der Waals surface area contributed by atoms with Gasteiger partial charge in [0.15, 0.2) is 5.82 Å². The summed E-state index contributed by atoms with van der Waals surface area (Å²) in [4.78, 5) is 18.8. The molecule has 0 radical (unpaired) electrons. The van der Waals surface area contributed by atoms with Crippen LogP contribution in [-0.2, 0) is 10.0 Å². The lowest BCUT2D eigenvalue weighted by Gasteiger charge is -2.22. The predicted molar refractivity (Wildman–Crippen MR) is 106 cm³/mol. The minimum Gasteiger partial charge on any atom is -0.337 e. The molecule has 1 unspecified atom stereocenters. The molecular weight excluding hydrogens is 411 g/mol. The summed E-state index contributed by atoms with van der Waals surface area (Å²) in [5, 5.41) is 3.79. The van der Waals surface area contributed by atoms with Gasteiger partial charge >= 0.3 is 0 Å². The van der Waals surface area contributed by atoms with Gasteiger partial charge in [-0.3, -0.25) is 9.52 Å². The molecule has 30 heavy (non-hydrogen) atoms. The van der Waals surface area contributed by atoms with Crippen molar-refractivity contribution in [2.45, 2.75) is 30.7 Å². The molecule has 2 aromatic carbocycles. The van der Waals surface area contributed by atoms with Gasteiger partial charge in [-0.1, -0.05) is 5.16 Å². The highest BCUT2D eigenvalue weighted by Gasteiger charge is 2.34. The number of nitrogens with one attached hydrogen (secondary N) is 1. The number of hydrogen-bond donors (Lipinski definition) is 1. The second kappa shape index (κ2) is 7.86. The summed E-state index contributed by atoms with van der Waals surface area (Å²) in [6, 6.07) is 10.4. The molecule has 1 amide bonds. The van der Waals surface area contributed by atoms with Crippen molar-refractivity contribution in [3.63, 3.8) is 0 Å². The third-order valence-corrected chi connectivity index (χ3v) is 6.25. The Morgan fingerprint density at radius 3 is 2.50 bits per heavy atom. The lowest BCUT2D eigenvalue weighted by atomic mass is 10.1. The molecular formula is C20H19FN4O4S. The van der Waals surface area contributed by atoms with Crippen LogP contribution in [0.3, 0.4) is 0 Å². The second-order valence-corrected chi connectivity index (χ2v) is 8.66. The number of amides is 1. The first kappa shape index (κ1) is 20.0. The Hall–Kier alpha value is -3.27. The average molecular weight is 430 g/mol. The quantitative estimate of drug-likeness (QED) is 0.666. The summed E-state index contributed by atoms with van der Waals surface area (Å²) in [7, 11) is -3.86. The number of sulfonamides is 1. The standard InChI is InChI=1S/C20H19FN4O4S/c1-13-22-19(29-23-13)18-3-2-12-25(18)20(26)14-4-8-16(9-5-14)24-30(27,28)17-10-6-15(21)7-11-17/h4-11,18,24H,2-3,12H2,1H3. The molecule has 10 heteroatoms. The number of carbonyl (C=O) groups excluding carboxylic acids is 1. The van der Waals surface area contributed by atoms with Gasteiger partial charge < -0.3 is 9.42 Å². The van der Waals surface area contributed by atoms with E-state index in [1.807, 2.05) is 0 Å². The van der Waals surface area contributed by atoms with Gasteiger partial charge in [-0.25, -0.2) is 12.8 Å². The van der Waals surface area contributed by atoms with Crippen LogP contribution in [0.1, 0.15) is 41.0 Å². The van der Waals surface area contributed by atoms with Gasteiger partial charge in [-0.05, 0) is 68.3 Å². The highest BCUT2D eigenvalue weighted by Crippen LogP contribution is 2.32. The van der Waals surface area contributed by atoms with E-state index in [4.69, 9.17) is 4.52 Å². The van der Waals surface area contributed by atoms with Crippen molar-refractivity contribution < 1.29 is 22.1 Å². The Bertz CT molecular complexity index is 1160. The highest BCUT2D eigenvalue weighted by molar-refractivity contribution is 7.92. The third kappa shape index (κ3) is 4.04. The number of carbonyl (C=O) groups is 1.